The predicted molar refractivity (Wildman–Crippen MR) is 96.3 cm³/mol. The number of hydrogen-bond acceptors (Lipinski definition) is 6. The molecule has 25 heavy (non-hydrogen) atoms. The Morgan fingerprint density at radius 3 is 2.52 bits per heavy atom. The number of aromatic nitrogens is 3. The number of nitrogens with zero attached hydrogens (tertiary/aromatic N) is 3. The Labute approximate surface area is 153 Å². The van der Waals surface area contributed by atoms with Crippen LogP contribution in [0.15, 0.2) is 5.16 Å². The lowest BCUT2D eigenvalue weighted by atomic mass is 9.96. The molecule has 0 spiro atoms. The smallest absolute Gasteiger partial charge is 0.309 e. The number of hydrogen-bond donors (Lipinski definition) is 1. The molecule has 1 aliphatic heterocycles. The molecule has 0 saturated carbocycles. The van der Waals surface area contributed by atoms with Gasteiger partial charge in [-0.05, 0) is 26.7 Å². The number of ether oxygens (including phenoxy) is 1. The lowest BCUT2D eigenvalue weighted by molar-refractivity contribution is -0.151. The van der Waals surface area contributed by atoms with Crippen LogP contribution >= 0.6 is 11.8 Å². The third-order valence-corrected chi connectivity index (χ3v) is 5.18. The van der Waals surface area contributed by atoms with Crippen molar-refractivity contribution >= 4 is 23.6 Å². The fourth-order valence-corrected chi connectivity index (χ4v) is 3.50. The Morgan fingerprint density at radius 1 is 1.36 bits per heavy atom. The first kappa shape index (κ1) is 19.8. The first-order valence-electron chi connectivity index (χ1n) is 8.77. The molecule has 1 atom stereocenters. The molecule has 2 rings (SSSR count). The van der Waals surface area contributed by atoms with Gasteiger partial charge in [0.15, 0.2) is 0 Å². The van der Waals surface area contributed by atoms with E-state index >= 15 is 0 Å². The molecule has 1 saturated heterocycles. The summed E-state index contributed by atoms with van der Waals surface area (Å²) < 4.78 is 5.07. The molecule has 1 aromatic rings. The van der Waals surface area contributed by atoms with Gasteiger partial charge in [-0.15, -0.1) is 5.10 Å². The van der Waals surface area contributed by atoms with E-state index in [2.05, 4.69) is 36.0 Å². The van der Waals surface area contributed by atoms with E-state index < -0.39 is 0 Å². The maximum atomic E-state index is 12.6. The van der Waals surface area contributed by atoms with Crippen LogP contribution < -0.4 is 0 Å². The fourth-order valence-electron chi connectivity index (χ4n) is 2.70. The highest BCUT2D eigenvalue weighted by atomic mass is 32.2. The van der Waals surface area contributed by atoms with Gasteiger partial charge < -0.3 is 9.64 Å². The number of piperidine rings is 1. The van der Waals surface area contributed by atoms with E-state index in [1.807, 2.05) is 18.7 Å². The van der Waals surface area contributed by atoms with E-state index in [1.54, 1.807) is 0 Å². The minimum atomic E-state index is -0.261. The number of thioether (sulfide) groups is 1. The average Bonchev–Trinajstić information content (AvgIpc) is 3.03. The van der Waals surface area contributed by atoms with Crippen LogP contribution in [0.2, 0.25) is 0 Å². The number of amides is 1. The van der Waals surface area contributed by atoms with Gasteiger partial charge in [0.2, 0.25) is 11.1 Å². The molecule has 0 radical (unpaired) electrons. The highest BCUT2D eigenvalue weighted by Gasteiger charge is 2.31. The predicted octanol–water partition coefficient (Wildman–Crippen LogP) is 2.38. The second-order valence-electron chi connectivity index (χ2n) is 7.33. The summed E-state index contributed by atoms with van der Waals surface area (Å²) in [5.74, 6) is 0.640. The van der Waals surface area contributed by atoms with Crippen LogP contribution in [-0.2, 0) is 19.7 Å². The molecule has 1 N–H and O–H groups in total. The summed E-state index contributed by atoms with van der Waals surface area (Å²) in [6, 6.07) is 0. The Morgan fingerprint density at radius 2 is 2.00 bits per heavy atom. The van der Waals surface area contributed by atoms with Crippen molar-refractivity contribution in [2.24, 2.45) is 5.92 Å². The van der Waals surface area contributed by atoms with Gasteiger partial charge in [0, 0.05) is 18.5 Å². The van der Waals surface area contributed by atoms with Crippen molar-refractivity contribution < 1.29 is 14.3 Å². The van der Waals surface area contributed by atoms with Crippen molar-refractivity contribution in [3.63, 3.8) is 0 Å². The van der Waals surface area contributed by atoms with E-state index in [0.717, 1.165) is 5.82 Å². The molecule has 2 heterocycles. The summed E-state index contributed by atoms with van der Waals surface area (Å²) in [6.07, 6.45) is 1.33. The normalized spacial score (nSPS) is 17.4. The fraction of sp³-hybridized carbons (Fsp3) is 0.765. The zero-order valence-electron chi connectivity index (χ0n) is 15.7. The molecule has 140 valence electrons. The van der Waals surface area contributed by atoms with Crippen molar-refractivity contribution in [1.29, 1.82) is 0 Å². The second kappa shape index (κ2) is 8.21. The molecule has 1 aromatic heterocycles. The van der Waals surface area contributed by atoms with Gasteiger partial charge in [-0.1, -0.05) is 32.5 Å². The van der Waals surface area contributed by atoms with E-state index in [4.69, 9.17) is 4.74 Å². The van der Waals surface area contributed by atoms with E-state index in [9.17, 15) is 9.59 Å². The van der Waals surface area contributed by atoms with Crippen LogP contribution in [-0.4, -0.2) is 56.9 Å². The number of likely N-dealkylation sites (tertiary alicyclic amines) is 1. The molecule has 0 aliphatic carbocycles. The Kier molecular flexibility index (Phi) is 6.48. The molecule has 1 fully saturated rings. The Balaban J connectivity index is 1.86. The van der Waals surface area contributed by atoms with Gasteiger partial charge >= 0.3 is 5.97 Å². The minimum absolute atomic E-state index is 0.0643. The van der Waals surface area contributed by atoms with Crippen molar-refractivity contribution in [2.75, 3.05) is 19.7 Å². The summed E-state index contributed by atoms with van der Waals surface area (Å²) >= 11 is 1.36. The number of esters is 1. The molecule has 1 unspecified atom stereocenters. The van der Waals surface area contributed by atoms with Crippen molar-refractivity contribution in [3.05, 3.63) is 5.82 Å². The maximum absolute atomic E-state index is 12.6. The topological polar surface area (TPSA) is 88.2 Å². The van der Waals surface area contributed by atoms with Gasteiger partial charge in [-0.25, -0.2) is 4.98 Å². The number of rotatable bonds is 5. The van der Waals surface area contributed by atoms with Crippen molar-refractivity contribution in [2.45, 2.75) is 63.3 Å². The van der Waals surface area contributed by atoms with Crippen LogP contribution in [0, 0.1) is 5.92 Å². The summed E-state index contributed by atoms with van der Waals surface area (Å²) in [7, 11) is 0. The van der Waals surface area contributed by atoms with Gasteiger partial charge in [-0.3, -0.25) is 14.7 Å². The quantitative estimate of drug-likeness (QED) is 0.634. The third kappa shape index (κ3) is 5.20. The summed E-state index contributed by atoms with van der Waals surface area (Å²) in [4.78, 5) is 30.7. The highest BCUT2D eigenvalue weighted by molar-refractivity contribution is 8.00. The lowest BCUT2D eigenvalue weighted by Crippen LogP contribution is -2.43. The first-order chi connectivity index (χ1) is 11.7. The minimum Gasteiger partial charge on any atom is -0.466 e. The lowest BCUT2D eigenvalue weighted by Gasteiger charge is -2.32. The van der Waals surface area contributed by atoms with Gasteiger partial charge in [0.05, 0.1) is 17.8 Å². The van der Waals surface area contributed by atoms with Crippen LogP contribution in [0.25, 0.3) is 0 Å². The molecular formula is C17H28N4O3S. The summed E-state index contributed by atoms with van der Waals surface area (Å²) in [5.41, 5.74) is -0.103. The number of nitrogens with one attached hydrogen (secondary N) is 1. The van der Waals surface area contributed by atoms with Crippen LogP contribution in [0.5, 0.6) is 0 Å². The number of H-pyrrole nitrogens is 1. The van der Waals surface area contributed by atoms with Crippen LogP contribution in [0.4, 0.5) is 0 Å². The molecular weight excluding hydrogens is 340 g/mol. The molecule has 7 nitrogen and oxygen atoms in total. The maximum Gasteiger partial charge on any atom is 0.309 e. The largest absolute Gasteiger partial charge is 0.466 e. The van der Waals surface area contributed by atoms with Crippen molar-refractivity contribution in [1.82, 2.24) is 20.1 Å². The van der Waals surface area contributed by atoms with Gasteiger partial charge in [-0.2, -0.15) is 0 Å². The van der Waals surface area contributed by atoms with E-state index in [-0.39, 0.29) is 28.5 Å². The van der Waals surface area contributed by atoms with E-state index in [1.165, 1.54) is 11.8 Å². The van der Waals surface area contributed by atoms with Crippen LogP contribution in [0.1, 0.15) is 53.3 Å². The summed E-state index contributed by atoms with van der Waals surface area (Å²) in [5, 5.41) is 7.47. The number of carbonyl (C=O) groups excluding carboxylic acids is 2. The highest BCUT2D eigenvalue weighted by Crippen LogP contribution is 2.26. The van der Waals surface area contributed by atoms with Gasteiger partial charge in [0.25, 0.3) is 0 Å². The molecule has 0 aromatic carbocycles. The van der Waals surface area contributed by atoms with Crippen LogP contribution in [0.3, 0.4) is 0 Å². The Bertz CT molecular complexity index is 603. The zero-order chi connectivity index (χ0) is 18.6. The number of carbonyl (C=O) groups is 2. The number of aromatic amines is 1. The van der Waals surface area contributed by atoms with Crippen molar-refractivity contribution in [3.8, 4) is 0 Å². The van der Waals surface area contributed by atoms with Gasteiger partial charge in [0.1, 0.15) is 5.82 Å². The second-order valence-corrected chi connectivity index (χ2v) is 8.64. The zero-order valence-corrected chi connectivity index (χ0v) is 16.5. The SMILES string of the molecule is CCOC(=O)C1CCN(C(=O)C(C)Sc2n[nH]c(C(C)(C)C)n2)CC1. The van der Waals surface area contributed by atoms with E-state index in [0.29, 0.717) is 37.7 Å². The molecule has 8 heteroatoms. The molecule has 1 amide bonds. The average molecular weight is 369 g/mol. The molecule has 0 bridgehead atoms. The Hall–Kier alpha value is -1.57. The molecule has 1 aliphatic rings. The standard InChI is InChI=1S/C17H28N4O3S/c1-6-24-14(23)12-7-9-21(10-8-12)13(22)11(2)25-16-18-15(19-20-16)17(3,4)5/h11-12H,6-10H2,1-5H3,(H,18,19,20). The monoisotopic (exact) mass is 368 g/mol. The first-order valence-corrected chi connectivity index (χ1v) is 9.65. The third-order valence-electron chi connectivity index (χ3n) is 4.23. The summed E-state index contributed by atoms with van der Waals surface area (Å²) in [6.45, 7) is 11.4.